The topological polar surface area (TPSA) is 90.1 Å². The monoisotopic (exact) mass is 388 g/mol. The molecule has 26 heavy (non-hydrogen) atoms. The van der Waals surface area contributed by atoms with Crippen LogP contribution in [0, 0.1) is 10.1 Å². The van der Waals surface area contributed by atoms with E-state index in [-0.39, 0.29) is 16.3 Å². The Hall–Kier alpha value is -2.84. The van der Waals surface area contributed by atoms with Gasteiger partial charge in [0.05, 0.1) is 4.92 Å². The first kappa shape index (κ1) is 18.0. The number of aromatic nitrogens is 2. The summed E-state index contributed by atoms with van der Waals surface area (Å²) in [4.78, 5) is 28.0. The van der Waals surface area contributed by atoms with Gasteiger partial charge in [-0.3, -0.25) is 14.9 Å². The van der Waals surface area contributed by atoms with E-state index in [2.05, 4.69) is 10.3 Å². The van der Waals surface area contributed by atoms with Gasteiger partial charge in [0.15, 0.2) is 5.16 Å². The molecule has 7 nitrogen and oxygen atoms in total. The Morgan fingerprint density at radius 2 is 2.00 bits per heavy atom. The zero-order valence-corrected chi connectivity index (χ0v) is 15.1. The summed E-state index contributed by atoms with van der Waals surface area (Å²) in [6.07, 6.45) is 3.58. The van der Waals surface area contributed by atoms with Crippen LogP contribution < -0.4 is 5.32 Å². The third-order valence-corrected chi connectivity index (χ3v) is 4.82. The van der Waals surface area contributed by atoms with E-state index in [0.29, 0.717) is 5.69 Å². The van der Waals surface area contributed by atoms with Gasteiger partial charge in [0, 0.05) is 41.1 Å². The van der Waals surface area contributed by atoms with Gasteiger partial charge in [0.2, 0.25) is 0 Å². The zero-order chi connectivity index (χ0) is 18.7. The van der Waals surface area contributed by atoms with Crippen molar-refractivity contribution in [2.45, 2.75) is 10.1 Å². The van der Waals surface area contributed by atoms with Crippen molar-refractivity contribution in [3.8, 4) is 0 Å². The lowest BCUT2D eigenvalue weighted by molar-refractivity contribution is -0.385. The zero-order valence-electron chi connectivity index (χ0n) is 13.5. The Morgan fingerprint density at radius 3 is 2.62 bits per heavy atom. The summed E-state index contributed by atoms with van der Waals surface area (Å²) < 4.78 is 1.90. The average Bonchev–Trinajstić information content (AvgIpc) is 3.01. The van der Waals surface area contributed by atoms with E-state index < -0.39 is 10.8 Å². The maximum Gasteiger partial charge on any atom is 0.283 e. The number of benzene rings is 2. The second-order valence-corrected chi connectivity index (χ2v) is 6.80. The number of carbonyl (C=O) groups excluding carboxylic acids is 1. The van der Waals surface area contributed by atoms with Gasteiger partial charge in [-0.15, -0.1) is 0 Å². The summed E-state index contributed by atoms with van der Waals surface area (Å²) in [7, 11) is 1.91. The molecular weight excluding hydrogens is 376 g/mol. The molecule has 0 radical (unpaired) electrons. The van der Waals surface area contributed by atoms with Crippen LogP contribution in [0.5, 0.6) is 0 Å². The fourth-order valence-electron chi connectivity index (χ4n) is 2.21. The summed E-state index contributed by atoms with van der Waals surface area (Å²) in [5.74, 6) is -0.571. The molecule has 2 aromatic carbocycles. The van der Waals surface area contributed by atoms with Crippen LogP contribution in [0.15, 0.2) is 64.9 Å². The molecule has 0 bridgehead atoms. The maximum atomic E-state index is 12.4. The second-order valence-electron chi connectivity index (χ2n) is 5.32. The minimum Gasteiger partial charge on any atom is -0.329 e. The Morgan fingerprint density at radius 1 is 1.27 bits per heavy atom. The summed E-state index contributed by atoms with van der Waals surface area (Å²) in [6.45, 7) is 0. The molecule has 0 aliphatic carbocycles. The van der Waals surface area contributed by atoms with Gasteiger partial charge in [-0.05, 0) is 36.4 Å². The number of nitrogens with one attached hydrogen (secondary N) is 1. The van der Waals surface area contributed by atoms with E-state index in [1.165, 1.54) is 23.9 Å². The van der Waals surface area contributed by atoms with Crippen molar-refractivity contribution < 1.29 is 9.72 Å². The van der Waals surface area contributed by atoms with Crippen molar-refractivity contribution in [1.82, 2.24) is 9.55 Å². The predicted octanol–water partition coefficient (Wildman–Crippen LogP) is 4.39. The van der Waals surface area contributed by atoms with E-state index in [0.717, 1.165) is 16.1 Å². The molecule has 0 fully saturated rings. The molecular formula is C17H13ClN4O3S. The number of nitro groups is 1. The smallest absolute Gasteiger partial charge is 0.283 e. The second kappa shape index (κ2) is 7.59. The largest absolute Gasteiger partial charge is 0.329 e. The molecule has 0 aliphatic rings. The van der Waals surface area contributed by atoms with E-state index in [1.807, 2.05) is 29.9 Å². The number of anilines is 1. The van der Waals surface area contributed by atoms with Crippen molar-refractivity contribution in [1.29, 1.82) is 0 Å². The molecule has 0 saturated heterocycles. The van der Waals surface area contributed by atoms with Gasteiger partial charge in [-0.1, -0.05) is 23.4 Å². The molecule has 0 aliphatic heterocycles. The fraction of sp³-hybridized carbons (Fsp3) is 0.0588. The lowest BCUT2D eigenvalue weighted by Gasteiger charge is -2.07. The third-order valence-electron chi connectivity index (χ3n) is 3.50. The first-order valence-electron chi connectivity index (χ1n) is 7.44. The first-order valence-corrected chi connectivity index (χ1v) is 8.64. The lowest BCUT2D eigenvalue weighted by Crippen LogP contribution is -2.13. The number of nitro benzene ring substituents is 1. The Kier molecular flexibility index (Phi) is 5.24. The van der Waals surface area contributed by atoms with Gasteiger partial charge in [-0.25, -0.2) is 4.98 Å². The number of hydrogen-bond donors (Lipinski definition) is 1. The van der Waals surface area contributed by atoms with Crippen LogP contribution in [0.2, 0.25) is 5.02 Å². The molecule has 1 N–H and O–H groups in total. The van der Waals surface area contributed by atoms with Gasteiger partial charge in [-0.2, -0.15) is 0 Å². The van der Waals surface area contributed by atoms with Crippen LogP contribution in [0.1, 0.15) is 10.4 Å². The molecule has 1 amide bonds. The Labute approximate surface area is 158 Å². The Balaban J connectivity index is 1.74. The van der Waals surface area contributed by atoms with Crippen LogP contribution in [-0.4, -0.2) is 20.4 Å². The van der Waals surface area contributed by atoms with Crippen molar-refractivity contribution in [2.75, 3.05) is 5.32 Å². The van der Waals surface area contributed by atoms with Crippen LogP contribution >= 0.6 is 23.4 Å². The molecule has 0 saturated carbocycles. The number of aryl methyl sites for hydroxylation is 1. The third kappa shape index (κ3) is 4.04. The van der Waals surface area contributed by atoms with Crippen molar-refractivity contribution in [3.05, 3.63) is 75.6 Å². The van der Waals surface area contributed by atoms with Crippen molar-refractivity contribution in [2.24, 2.45) is 7.05 Å². The average molecular weight is 389 g/mol. The molecule has 1 aromatic heterocycles. The number of hydrogen-bond acceptors (Lipinski definition) is 5. The van der Waals surface area contributed by atoms with Crippen molar-refractivity contribution in [3.63, 3.8) is 0 Å². The number of carbonyl (C=O) groups is 1. The van der Waals surface area contributed by atoms with Crippen LogP contribution in [0.4, 0.5) is 11.4 Å². The van der Waals surface area contributed by atoms with Gasteiger partial charge in [0.1, 0.15) is 5.56 Å². The highest BCUT2D eigenvalue weighted by molar-refractivity contribution is 7.99. The minimum atomic E-state index is -0.632. The van der Waals surface area contributed by atoms with E-state index in [9.17, 15) is 14.9 Å². The first-order chi connectivity index (χ1) is 12.4. The summed E-state index contributed by atoms with van der Waals surface area (Å²) in [5, 5.41) is 14.8. The number of amides is 1. The van der Waals surface area contributed by atoms with Crippen LogP contribution in [-0.2, 0) is 7.05 Å². The number of nitrogens with zero attached hydrogens (tertiary/aromatic N) is 3. The van der Waals surface area contributed by atoms with Crippen molar-refractivity contribution >= 4 is 40.6 Å². The van der Waals surface area contributed by atoms with E-state index >= 15 is 0 Å². The standard InChI is InChI=1S/C17H13ClN4O3S/c1-21-9-8-19-17(21)26-13-5-3-12(4-6-13)20-16(23)14-7-2-11(18)10-15(14)22(24)25/h2-10H,1H3,(H,20,23). The van der Waals surface area contributed by atoms with Gasteiger partial charge in [0.25, 0.3) is 11.6 Å². The Bertz CT molecular complexity index is 972. The molecule has 3 aromatic rings. The van der Waals surface area contributed by atoms with Crippen LogP contribution in [0.25, 0.3) is 0 Å². The van der Waals surface area contributed by atoms with Gasteiger partial charge < -0.3 is 9.88 Å². The predicted molar refractivity (Wildman–Crippen MR) is 99.8 cm³/mol. The normalized spacial score (nSPS) is 10.5. The maximum absolute atomic E-state index is 12.4. The van der Waals surface area contributed by atoms with Gasteiger partial charge >= 0.3 is 0 Å². The number of rotatable bonds is 5. The van der Waals surface area contributed by atoms with Crippen LogP contribution in [0.3, 0.4) is 0 Å². The molecule has 132 valence electrons. The van der Waals surface area contributed by atoms with E-state index in [1.54, 1.807) is 18.3 Å². The summed E-state index contributed by atoms with van der Waals surface area (Å²) in [5.41, 5.74) is 0.145. The number of imidazole rings is 1. The van der Waals surface area contributed by atoms with E-state index in [4.69, 9.17) is 11.6 Å². The summed E-state index contributed by atoms with van der Waals surface area (Å²) >= 11 is 7.26. The fourth-order valence-corrected chi connectivity index (χ4v) is 3.18. The molecule has 0 unspecified atom stereocenters. The molecule has 0 atom stereocenters. The molecule has 9 heteroatoms. The molecule has 3 rings (SSSR count). The SMILES string of the molecule is Cn1ccnc1Sc1ccc(NC(=O)c2ccc(Cl)cc2[N+](=O)[O-])cc1. The lowest BCUT2D eigenvalue weighted by atomic mass is 10.1. The number of halogens is 1. The highest BCUT2D eigenvalue weighted by Crippen LogP contribution is 2.28. The minimum absolute atomic E-state index is 0.0501. The highest BCUT2D eigenvalue weighted by atomic mass is 35.5. The highest BCUT2D eigenvalue weighted by Gasteiger charge is 2.20. The summed E-state index contributed by atoms with van der Waals surface area (Å²) in [6, 6.07) is 11.1. The molecule has 1 heterocycles. The molecule has 0 spiro atoms. The quantitative estimate of drug-likeness (QED) is 0.517.